The molecule has 0 spiro atoms. The third kappa shape index (κ3) is 2.15. The summed E-state index contributed by atoms with van der Waals surface area (Å²) in [6.07, 6.45) is 0.414. The molecule has 1 fully saturated rings. The van der Waals surface area contributed by atoms with Crippen LogP contribution in [0.25, 0.3) is 0 Å². The number of aromatic carboxylic acids is 1. The molecule has 0 aromatic carbocycles. The zero-order valence-corrected chi connectivity index (χ0v) is 9.72. The highest BCUT2D eigenvalue weighted by atomic mass is 32.2. The first-order valence-electron chi connectivity index (χ1n) is 5.02. The molecule has 0 bridgehead atoms. The maximum atomic E-state index is 11.3. The fourth-order valence-corrected chi connectivity index (χ4v) is 3.62. The molecule has 1 unspecified atom stereocenters. The van der Waals surface area contributed by atoms with Gasteiger partial charge in [0.05, 0.1) is 23.2 Å². The second kappa shape index (κ2) is 4.08. The van der Waals surface area contributed by atoms with Gasteiger partial charge in [0.1, 0.15) is 0 Å². The fourth-order valence-electron chi connectivity index (χ4n) is 1.93. The summed E-state index contributed by atoms with van der Waals surface area (Å²) in [5.41, 5.74) is 5.51. The van der Waals surface area contributed by atoms with Gasteiger partial charge in [-0.05, 0) is 6.42 Å². The number of carboxylic acids is 1. The van der Waals surface area contributed by atoms with E-state index in [9.17, 15) is 13.2 Å². The Morgan fingerprint density at radius 2 is 2.29 bits per heavy atom. The normalized spacial score (nSPS) is 22.8. The van der Waals surface area contributed by atoms with Crippen LogP contribution in [0.1, 0.15) is 28.6 Å². The summed E-state index contributed by atoms with van der Waals surface area (Å²) in [4.78, 5) is 10.8. The lowest BCUT2D eigenvalue weighted by atomic mass is 10.2. The number of hydrogen-bond acceptors (Lipinski definition) is 6. The SMILES string of the molecule is NCc1c(C(=O)O)nnn1C1CCS(=O)(=O)C1. The molecular weight excluding hydrogens is 248 g/mol. The summed E-state index contributed by atoms with van der Waals surface area (Å²) >= 11 is 0. The molecule has 17 heavy (non-hydrogen) atoms. The lowest BCUT2D eigenvalue weighted by Crippen LogP contribution is -2.18. The van der Waals surface area contributed by atoms with E-state index in [1.165, 1.54) is 4.68 Å². The molecule has 1 aliphatic rings. The fraction of sp³-hybridized carbons (Fsp3) is 0.625. The highest BCUT2D eigenvalue weighted by Crippen LogP contribution is 2.24. The van der Waals surface area contributed by atoms with Crippen molar-refractivity contribution in [2.24, 2.45) is 5.73 Å². The average Bonchev–Trinajstić information content (AvgIpc) is 2.80. The molecule has 0 aliphatic carbocycles. The van der Waals surface area contributed by atoms with E-state index in [4.69, 9.17) is 10.8 Å². The largest absolute Gasteiger partial charge is 0.476 e. The Morgan fingerprint density at radius 1 is 1.59 bits per heavy atom. The lowest BCUT2D eigenvalue weighted by molar-refractivity contribution is 0.0689. The standard InChI is InChI=1S/C8H12N4O4S/c9-3-6-7(8(13)14)10-11-12(6)5-1-2-17(15,16)4-5/h5H,1-4,9H2,(H,13,14). The van der Waals surface area contributed by atoms with Crippen molar-refractivity contribution in [2.45, 2.75) is 19.0 Å². The summed E-state index contributed by atoms with van der Waals surface area (Å²) in [6.45, 7) is -0.0365. The predicted molar refractivity (Wildman–Crippen MR) is 57.2 cm³/mol. The number of sulfone groups is 1. The number of hydrogen-bond donors (Lipinski definition) is 2. The molecule has 8 nitrogen and oxygen atoms in total. The molecule has 1 aliphatic heterocycles. The van der Waals surface area contributed by atoms with Crippen LogP contribution in [0.4, 0.5) is 0 Å². The average molecular weight is 260 g/mol. The minimum Gasteiger partial charge on any atom is -0.476 e. The number of aromatic nitrogens is 3. The Balaban J connectivity index is 2.37. The van der Waals surface area contributed by atoms with Gasteiger partial charge in [-0.3, -0.25) is 0 Å². The molecular formula is C8H12N4O4S. The van der Waals surface area contributed by atoms with Gasteiger partial charge in [0.2, 0.25) is 0 Å². The summed E-state index contributed by atoms with van der Waals surface area (Å²) in [5.74, 6) is -1.16. The van der Waals surface area contributed by atoms with Crippen molar-refractivity contribution in [3.8, 4) is 0 Å². The van der Waals surface area contributed by atoms with Gasteiger partial charge in [0.25, 0.3) is 0 Å². The molecule has 3 N–H and O–H groups in total. The van der Waals surface area contributed by atoms with Crippen LogP contribution in [-0.4, -0.2) is 46.0 Å². The number of carboxylic acid groups (broad SMARTS) is 1. The molecule has 94 valence electrons. The van der Waals surface area contributed by atoms with Gasteiger partial charge in [-0.1, -0.05) is 5.21 Å². The maximum absolute atomic E-state index is 11.3. The lowest BCUT2D eigenvalue weighted by Gasteiger charge is -2.10. The Kier molecular flexibility index (Phi) is 2.87. The molecule has 0 amide bonds. The Hall–Kier alpha value is -1.48. The molecule has 9 heteroatoms. The summed E-state index contributed by atoms with van der Waals surface area (Å²) in [6, 6.07) is -0.362. The third-order valence-corrected chi connectivity index (χ3v) is 4.49. The van der Waals surface area contributed by atoms with Gasteiger partial charge in [0.15, 0.2) is 15.5 Å². The van der Waals surface area contributed by atoms with Crippen LogP contribution in [0.2, 0.25) is 0 Å². The molecule has 2 rings (SSSR count). The predicted octanol–water partition coefficient (Wildman–Crippen LogP) is -1.21. The molecule has 2 heterocycles. The van der Waals surface area contributed by atoms with Crippen LogP contribution in [0.15, 0.2) is 0 Å². The monoisotopic (exact) mass is 260 g/mol. The van der Waals surface area contributed by atoms with Crippen LogP contribution in [0, 0.1) is 0 Å². The van der Waals surface area contributed by atoms with Gasteiger partial charge in [-0.25, -0.2) is 17.9 Å². The highest BCUT2D eigenvalue weighted by molar-refractivity contribution is 7.91. The van der Waals surface area contributed by atoms with E-state index >= 15 is 0 Å². The smallest absolute Gasteiger partial charge is 0.358 e. The van der Waals surface area contributed by atoms with Gasteiger partial charge in [-0.2, -0.15) is 0 Å². The van der Waals surface area contributed by atoms with Crippen LogP contribution < -0.4 is 5.73 Å². The van der Waals surface area contributed by atoms with Crippen molar-refractivity contribution in [2.75, 3.05) is 11.5 Å². The van der Waals surface area contributed by atoms with Crippen LogP contribution in [0.3, 0.4) is 0 Å². The second-order valence-electron chi connectivity index (χ2n) is 3.90. The van der Waals surface area contributed by atoms with Crippen molar-refractivity contribution in [3.63, 3.8) is 0 Å². The van der Waals surface area contributed by atoms with Gasteiger partial charge >= 0.3 is 5.97 Å². The second-order valence-corrected chi connectivity index (χ2v) is 6.12. The molecule has 1 aromatic rings. The van der Waals surface area contributed by atoms with E-state index in [1.54, 1.807) is 0 Å². The number of carbonyl (C=O) groups is 1. The van der Waals surface area contributed by atoms with Crippen molar-refractivity contribution in [1.82, 2.24) is 15.0 Å². The first kappa shape index (κ1) is 12.0. The van der Waals surface area contributed by atoms with Crippen molar-refractivity contribution < 1.29 is 18.3 Å². The van der Waals surface area contributed by atoms with Crippen LogP contribution >= 0.6 is 0 Å². The van der Waals surface area contributed by atoms with Gasteiger partial charge in [-0.15, -0.1) is 5.10 Å². The van der Waals surface area contributed by atoms with Crippen molar-refractivity contribution in [1.29, 1.82) is 0 Å². The summed E-state index contributed by atoms with van der Waals surface area (Å²) in [5, 5.41) is 16.1. The van der Waals surface area contributed by atoms with Gasteiger partial charge < -0.3 is 10.8 Å². The van der Waals surface area contributed by atoms with E-state index in [-0.39, 0.29) is 35.5 Å². The number of nitrogens with zero attached hydrogens (tertiary/aromatic N) is 3. The molecule has 0 radical (unpaired) electrons. The zero-order chi connectivity index (χ0) is 12.6. The first-order chi connectivity index (χ1) is 7.94. The summed E-state index contributed by atoms with van der Waals surface area (Å²) in [7, 11) is -3.06. The van der Waals surface area contributed by atoms with Crippen molar-refractivity contribution in [3.05, 3.63) is 11.4 Å². The van der Waals surface area contributed by atoms with Crippen LogP contribution in [0.5, 0.6) is 0 Å². The van der Waals surface area contributed by atoms with E-state index in [2.05, 4.69) is 10.3 Å². The minimum absolute atomic E-state index is 0.0365. The van der Waals surface area contributed by atoms with Crippen molar-refractivity contribution >= 4 is 15.8 Å². The molecule has 1 atom stereocenters. The zero-order valence-electron chi connectivity index (χ0n) is 8.90. The number of nitrogens with two attached hydrogens (primary N) is 1. The first-order valence-corrected chi connectivity index (χ1v) is 6.84. The van der Waals surface area contributed by atoms with E-state index in [0.717, 1.165) is 0 Å². The quantitative estimate of drug-likeness (QED) is 0.698. The molecule has 1 aromatic heterocycles. The van der Waals surface area contributed by atoms with Gasteiger partial charge in [0, 0.05) is 6.54 Å². The van der Waals surface area contributed by atoms with E-state index in [0.29, 0.717) is 6.42 Å². The summed E-state index contributed by atoms with van der Waals surface area (Å²) < 4.78 is 24.0. The Morgan fingerprint density at radius 3 is 2.76 bits per heavy atom. The number of rotatable bonds is 3. The Labute approximate surface area is 97.3 Å². The topological polar surface area (TPSA) is 128 Å². The van der Waals surface area contributed by atoms with E-state index in [1.807, 2.05) is 0 Å². The minimum atomic E-state index is -3.06. The molecule has 0 saturated carbocycles. The van der Waals surface area contributed by atoms with Crippen LogP contribution in [-0.2, 0) is 16.4 Å². The molecule has 1 saturated heterocycles. The highest BCUT2D eigenvalue weighted by Gasteiger charge is 2.32. The Bertz CT molecular complexity index is 550. The third-order valence-electron chi connectivity index (χ3n) is 2.74. The van der Waals surface area contributed by atoms with E-state index < -0.39 is 15.8 Å². The maximum Gasteiger partial charge on any atom is 0.358 e.